The summed E-state index contributed by atoms with van der Waals surface area (Å²) in [5.41, 5.74) is 8.53. The number of hydrogen-bond acceptors (Lipinski definition) is 3. The molecule has 0 saturated carbocycles. The van der Waals surface area contributed by atoms with Gasteiger partial charge in [-0.05, 0) is 59.3 Å². The van der Waals surface area contributed by atoms with Crippen LogP contribution in [0.5, 0.6) is 0 Å². The Hall–Kier alpha value is -5.44. The summed E-state index contributed by atoms with van der Waals surface area (Å²) in [6, 6.07) is 59.7. The third-order valence-corrected chi connectivity index (χ3v) is 9.79. The van der Waals surface area contributed by atoms with Gasteiger partial charge in [-0.15, -0.1) is 22.6 Å². The molecule has 4 nitrogen and oxygen atoms in total. The third-order valence-electron chi connectivity index (χ3n) is 9.79. The first-order chi connectivity index (χ1) is 25.3. The van der Waals surface area contributed by atoms with E-state index in [9.17, 15) is 0 Å². The molecule has 0 radical (unpaired) electrons. The SMILES string of the molecule is [2H]C([2H])([2H])c1ccnc(-n2c3[c-]c(C(c4[c-]c(N5CN(C)c6ccccc65)ccc4)(c4ccccc4)c4ccccc4)ccc3c3ccccc32)c1.[Pt+2]. The molecule has 1 aliphatic heterocycles. The molecule has 3 heterocycles. The van der Waals surface area contributed by atoms with Crippen LogP contribution in [0.1, 0.15) is 31.9 Å². The Kier molecular flexibility index (Phi) is 7.26. The minimum atomic E-state index is -2.27. The summed E-state index contributed by atoms with van der Waals surface area (Å²) in [5.74, 6) is 0.531. The largest absolute Gasteiger partial charge is 2.00 e. The summed E-state index contributed by atoms with van der Waals surface area (Å²) < 4.78 is 26.4. The first kappa shape index (κ1) is 28.4. The molecule has 50 heavy (non-hydrogen) atoms. The van der Waals surface area contributed by atoms with Crippen molar-refractivity contribution in [2.24, 2.45) is 0 Å². The molecule has 0 spiro atoms. The van der Waals surface area contributed by atoms with Crippen molar-refractivity contribution in [3.63, 3.8) is 0 Å². The van der Waals surface area contributed by atoms with Gasteiger partial charge in [0.25, 0.3) is 0 Å². The summed E-state index contributed by atoms with van der Waals surface area (Å²) in [6.07, 6.45) is 1.58. The van der Waals surface area contributed by atoms with E-state index in [2.05, 4.69) is 144 Å². The Bertz CT molecular complexity index is 2540. The van der Waals surface area contributed by atoms with Gasteiger partial charge in [-0.2, -0.15) is 36.4 Å². The third kappa shape index (κ3) is 4.97. The van der Waals surface area contributed by atoms with E-state index in [1.54, 1.807) is 18.3 Å². The number of aromatic nitrogens is 2. The maximum absolute atomic E-state index is 8.13. The summed E-state index contributed by atoms with van der Waals surface area (Å²) in [4.78, 5) is 9.29. The number of hydrogen-bond donors (Lipinski definition) is 0. The van der Waals surface area contributed by atoms with E-state index in [1.807, 2.05) is 28.8 Å². The average Bonchev–Trinajstić information content (AvgIpc) is 3.70. The van der Waals surface area contributed by atoms with Crippen LogP contribution in [0.4, 0.5) is 17.1 Å². The van der Waals surface area contributed by atoms with E-state index in [1.165, 1.54) is 5.69 Å². The van der Waals surface area contributed by atoms with Gasteiger partial charge in [-0.1, -0.05) is 102 Å². The van der Waals surface area contributed by atoms with E-state index < -0.39 is 12.3 Å². The topological polar surface area (TPSA) is 24.3 Å². The summed E-state index contributed by atoms with van der Waals surface area (Å²) in [7, 11) is 2.12. The van der Waals surface area contributed by atoms with Crippen LogP contribution < -0.4 is 9.80 Å². The van der Waals surface area contributed by atoms with Crippen molar-refractivity contribution in [1.82, 2.24) is 9.55 Å². The fraction of sp³-hybridized carbons (Fsp3) is 0.0889. The fourth-order valence-electron chi connectivity index (χ4n) is 7.62. The van der Waals surface area contributed by atoms with Crippen LogP contribution >= 0.6 is 0 Å². The summed E-state index contributed by atoms with van der Waals surface area (Å²) in [6.45, 7) is -1.56. The van der Waals surface area contributed by atoms with Gasteiger partial charge in [0.15, 0.2) is 0 Å². The molecule has 0 aliphatic carbocycles. The molecule has 5 heteroatoms. The number of benzene rings is 6. The van der Waals surface area contributed by atoms with Crippen LogP contribution in [0.15, 0.2) is 158 Å². The molecular formula is C45H34N4Pt. The van der Waals surface area contributed by atoms with Crippen LogP contribution in [-0.4, -0.2) is 23.3 Å². The standard InChI is InChI=1S/C45H34N4.Pt/c1-32-26-27-46-44(28-32)49-40-21-10-9-20-38(40)39-25-24-36(30-43(39)49)45(33-14-5-3-6-15-33,34-16-7-4-8-17-34)35-18-13-19-37(29-35)48-31-47(2)41-22-11-12-23-42(41)48;/h3-28H,31H2,1-2H3;/q-2;+2/i1D3;. The number of anilines is 3. The summed E-state index contributed by atoms with van der Waals surface area (Å²) in [5, 5.41) is 2.04. The maximum atomic E-state index is 8.13. The van der Waals surface area contributed by atoms with Crippen molar-refractivity contribution in [3.05, 3.63) is 198 Å². The molecule has 0 fully saturated rings. The zero-order valence-corrected chi connectivity index (χ0v) is 29.6. The van der Waals surface area contributed by atoms with Crippen LogP contribution in [-0.2, 0) is 26.5 Å². The second-order valence-corrected chi connectivity index (χ2v) is 12.6. The molecule has 0 unspecified atom stereocenters. The van der Waals surface area contributed by atoms with Gasteiger partial charge in [0, 0.05) is 28.3 Å². The van der Waals surface area contributed by atoms with Crippen molar-refractivity contribution in [2.75, 3.05) is 23.5 Å². The molecular weight excluding hydrogens is 792 g/mol. The van der Waals surface area contributed by atoms with E-state index in [0.717, 1.165) is 55.4 Å². The Morgan fingerprint density at radius 1 is 0.660 bits per heavy atom. The number of rotatable bonds is 6. The predicted octanol–water partition coefficient (Wildman–Crippen LogP) is 10.0. The molecule has 1 aliphatic rings. The smallest absolute Gasteiger partial charge is 0.355 e. The number of aryl methyl sites for hydroxylation is 1. The van der Waals surface area contributed by atoms with E-state index in [0.29, 0.717) is 12.5 Å². The molecule has 0 bridgehead atoms. The molecule has 8 aromatic rings. The number of nitrogens with zero attached hydrogens (tertiary/aromatic N) is 4. The van der Waals surface area contributed by atoms with Crippen molar-refractivity contribution in [3.8, 4) is 5.82 Å². The number of para-hydroxylation sites is 3. The molecule has 9 rings (SSSR count). The molecule has 2 aromatic heterocycles. The monoisotopic (exact) mass is 828 g/mol. The van der Waals surface area contributed by atoms with E-state index in [-0.39, 0.29) is 26.6 Å². The molecule has 0 N–H and O–H groups in total. The minimum absolute atomic E-state index is 0. The zero-order chi connectivity index (χ0) is 35.5. The number of pyridine rings is 1. The second kappa shape index (κ2) is 12.8. The van der Waals surface area contributed by atoms with Crippen molar-refractivity contribution >= 4 is 38.9 Å². The predicted molar refractivity (Wildman–Crippen MR) is 201 cm³/mol. The molecule has 0 atom stereocenters. The Balaban J connectivity index is 0.00000400. The van der Waals surface area contributed by atoms with E-state index >= 15 is 0 Å². The second-order valence-electron chi connectivity index (χ2n) is 12.6. The van der Waals surface area contributed by atoms with Gasteiger partial charge in [-0.25, -0.2) is 4.98 Å². The number of fused-ring (bicyclic) bond motifs is 4. The summed E-state index contributed by atoms with van der Waals surface area (Å²) >= 11 is 0. The fourth-order valence-corrected chi connectivity index (χ4v) is 7.62. The van der Waals surface area contributed by atoms with Crippen molar-refractivity contribution in [1.29, 1.82) is 0 Å². The minimum Gasteiger partial charge on any atom is -0.355 e. The quantitative estimate of drug-likeness (QED) is 0.123. The van der Waals surface area contributed by atoms with Gasteiger partial charge in [0.05, 0.1) is 18.0 Å². The Morgan fingerprint density at radius 2 is 1.34 bits per heavy atom. The first-order valence-electron chi connectivity index (χ1n) is 18.0. The normalized spacial score (nSPS) is 13.8. The van der Waals surface area contributed by atoms with Crippen LogP contribution in [0.3, 0.4) is 0 Å². The van der Waals surface area contributed by atoms with Gasteiger partial charge in [-0.3, -0.25) is 0 Å². The van der Waals surface area contributed by atoms with Crippen LogP contribution in [0.2, 0.25) is 0 Å². The molecule has 0 amide bonds. The zero-order valence-electron chi connectivity index (χ0n) is 30.3. The maximum Gasteiger partial charge on any atom is 2.00 e. The van der Waals surface area contributed by atoms with Crippen LogP contribution in [0.25, 0.3) is 27.6 Å². The van der Waals surface area contributed by atoms with Crippen molar-refractivity contribution in [2.45, 2.75) is 12.3 Å². The van der Waals surface area contributed by atoms with Crippen LogP contribution in [0, 0.1) is 19.0 Å². The van der Waals surface area contributed by atoms with Gasteiger partial charge >= 0.3 is 21.1 Å². The Morgan fingerprint density at radius 3 is 2.10 bits per heavy atom. The van der Waals surface area contributed by atoms with Gasteiger partial charge in [0.2, 0.25) is 0 Å². The average molecular weight is 829 g/mol. The Labute approximate surface area is 311 Å². The molecule has 0 saturated heterocycles. The van der Waals surface area contributed by atoms with Crippen molar-refractivity contribution < 1.29 is 25.2 Å². The van der Waals surface area contributed by atoms with Gasteiger partial charge < -0.3 is 14.4 Å². The van der Waals surface area contributed by atoms with E-state index in [4.69, 9.17) is 9.10 Å². The van der Waals surface area contributed by atoms with Gasteiger partial charge in [0.1, 0.15) is 5.82 Å². The molecule has 6 aromatic carbocycles. The first-order valence-corrected chi connectivity index (χ1v) is 16.5. The molecule has 244 valence electrons.